The van der Waals surface area contributed by atoms with Crippen molar-refractivity contribution in [2.45, 2.75) is 50.9 Å². The number of nitrogens with zero attached hydrogens (tertiary/aromatic N) is 3. The third kappa shape index (κ3) is 4.88. The highest BCUT2D eigenvalue weighted by Gasteiger charge is 2.33. The first-order valence-electron chi connectivity index (χ1n) is 9.72. The zero-order valence-corrected chi connectivity index (χ0v) is 16.7. The van der Waals surface area contributed by atoms with Crippen molar-refractivity contribution < 1.29 is 17.9 Å². The molecule has 0 aromatic rings. The standard InChI is InChI=1S/C17H32N4O4S/c1-3-18-17(19-12-14-6-4-8-21(14)26(2,22)23)20-9-11-25-16(13-20)15-7-5-10-24-15/h14-16H,3-13H2,1-2H3,(H,18,19)/t14-,15?,16?/m1/s1. The van der Waals surface area contributed by atoms with Crippen LogP contribution < -0.4 is 5.32 Å². The molecule has 0 radical (unpaired) electrons. The molecule has 0 aliphatic carbocycles. The molecule has 150 valence electrons. The topological polar surface area (TPSA) is 83.5 Å². The van der Waals surface area contributed by atoms with Gasteiger partial charge in [-0.2, -0.15) is 4.31 Å². The summed E-state index contributed by atoms with van der Waals surface area (Å²) in [4.78, 5) is 6.99. The number of hydrogen-bond acceptors (Lipinski definition) is 5. The Morgan fingerprint density at radius 2 is 1.96 bits per heavy atom. The van der Waals surface area contributed by atoms with Crippen LogP contribution in [0.15, 0.2) is 4.99 Å². The maximum Gasteiger partial charge on any atom is 0.211 e. The number of hydrogen-bond donors (Lipinski definition) is 1. The van der Waals surface area contributed by atoms with E-state index in [1.807, 2.05) is 6.92 Å². The van der Waals surface area contributed by atoms with Gasteiger partial charge < -0.3 is 19.7 Å². The van der Waals surface area contributed by atoms with E-state index in [4.69, 9.17) is 14.5 Å². The van der Waals surface area contributed by atoms with Gasteiger partial charge in [0, 0.05) is 38.8 Å². The summed E-state index contributed by atoms with van der Waals surface area (Å²) in [6, 6.07) is -0.0336. The number of morpholine rings is 1. The minimum atomic E-state index is -3.16. The Balaban J connectivity index is 1.64. The Bertz CT molecular complexity index is 592. The molecule has 3 rings (SSSR count). The van der Waals surface area contributed by atoms with Gasteiger partial charge in [-0.05, 0) is 32.6 Å². The Morgan fingerprint density at radius 1 is 1.15 bits per heavy atom. The molecule has 0 aromatic heterocycles. The van der Waals surface area contributed by atoms with Crippen molar-refractivity contribution in [3.63, 3.8) is 0 Å². The van der Waals surface area contributed by atoms with Crippen LogP contribution in [0.4, 0.5) is 0 Å². The fourth-order valence-electron chi connectivity index (χ4n) is 4.03. The van der Waals surface area contributed by atoms with Crippen LogP contribution in [0.1, 0.15) is 32.6 Å². The highest BCUT2D eigenvalue weighted by Crippen LogP contribution is 2.22. The number of ether oxygens (including phenoxy) is 2. The van der Waals surface area contributed by atoms with Gasteiger partial charge in [0.2, 0.25) is 10.0 Å². The molecule has 3 fully saturated rings. The molecule has 2 unspecified atom stereocenters. The number of rotatable bonds is 5. The summed E-state index contributed by atoms with van der Waals surface area (Å²) in [5, 5.41) is 3.35. The first-order valence-corrected chi connectivity index (χ1v) is 11.6. The van der Waals surface area contributed by atoms with Crippen molar-refractivity contribution in [2.75, 3.05) is 52.2 Å². The largest absolute Gasteiger partial charge is 0.375 e. The molecule has 26 heavy (non-hydrogen) atoms. The smallest absolute Gasteiger partial charge is 0.211 e. The third-order valence-corrected chi connectivity index (χ3v) is 6.64. The molecule has 0 aromatic carbocycles. The van der Waals surface area contributed by atoms with E-state index in [0.29, 0.717) is 19.7 Å². The van der Waals surface area contributed by atoms with Gasteiger partial charge in [0.05, 0.1) is 25.5 Å². The van der Waals surface area contributed by atoms with Crippen molar-refractivity contribution in [1.29, 1.82) is 0 Å². The van der Waals surface area contributed by atoms with Crippen LogP contribution in [0.5, 0.6) is 0 Å². The van der Waals surface area contributed by atoms with Crippen molar-refractivity contribution >= 4 is 16.0 Å². The Kier molecular flexibility index (Phi) is 6.76. The molecule has 3 aliphatic rings. The highest BCUT2D eigenvalue weighted by molar-refractivity contribution is 7.88. The number of nitrogens with one attached hydrogen (secondary N) is 1. The predicted octanol–water partition coefficient (Wildman–Crippen LogP) is 0.256. The molecule has 0 amide bonds. The second kappa shape index (κ2) is 8.86. The maximum atomic E-state index is 11.9. The lowest BCUT2D eigenvalue weighted by atomic mass is 10.1. The molecular formula is C17H32N4O4S. The summed E-state index contributed by atoms with van der Waals surface area (Å²) < 4.78 is 37.2. The first-order chi connectivity index (χ1) is 12.5. The molecule has 9 heteroatoms. The zero-order chi connectivity index (χ0) is 18.6. The second-order valence-corrected chi connectivity index (χ2v) is 9.21. The fourth-order valence-corrected chi connectivity index (χ4v) is 5.21. The first kappa shape index (κ1) is 19.9. The van der Waals surface area contributed by atoms with Crippen LogP contribution in [0.2, 0.25) is 0 Å². The highest BCUT2D eigenvalue weighted by atomic mass is 32.2. The van der Waals surface area contributed by atoms with E-state index >= 15 is 0 Å². The van der Waals surface area contributed by atoms with Crippen LogP contribution in [-0.2, 0) is 19.5 Å². The predicted molar refractivity (Wildman–Crippen MR) is 101 cm³/mol. The van der Waals surface area contributed by atoms with Gasteiger partial charge in [0.1, 0.15) is 6.10 Å². The van der Waals surface area contributed by atoms with E-state index in [-0.39, 0.29) is 18.2 Å². The molecule has 8 nitrogen and oxygen atoms in total. The zero-order valence-electron chi connectivity index (χ0n) is 15.9. The summed E-state index contributed by atoms with van der Waals surface area (Å²) in [5.41, 5.74) is 0. The SMILES string of the molecule is CCNC(=NC[C@H]1CCCN1S(C)(=O)=O)N1CCOC(C2CCCO2)C1. The summed E-state index contributed by atoms with van der Waals surface area (Å²) in [6.07, 6.45) is 5.47. The van der Waals surface area contributed by atoms with E-state index in [1.54, 1.807) is 4.31 Å². The van der Waals surface area contributed by atoms with Gasteiger partial charge in [-0.1, -0.05) is 0 Å². The summed E-state index contributed by atoms with van der Waals surface area (Å²) >= 11 is 0. The molecule has 3 aliphatic heterocycles. The van der Waals surface area contributed by atoms with Gasteiger partial charge in [0.25, 0.3) is 0 Å². The van der Waals surface area contributed by atoms with E-state index in [2.05, 4.69) is 10.2 Å². The summed E-state index contributed by atoms with van der Waals surface area (Å²) in [6.45, 7) is 6.96. The van der Waals surface area contributed by atoms with E-state index in [9.17, 15) is 8.42 Å². The van der Waals surface area contributed by atoms with Crippen LogP contribution in [-0.4, -0.2) is 94.0 Å². The quantitative estimate of drug-likeness (QED) is 0.537. The number of aliphatic imine (C=N–C) groups is 1. The molecule has 0 saturated carbocycles. The minimum absolute atomic E-state index is 0.0336. The average Bonchev–Trinajstić information content (AvgIpc) is 3.29. The van der Waals surface area contributed by atoms with Crippen molar-refractivity contribution in [3.8, 4) is 0 Å². The molecule has 0 bridgehead atoms. The van der Waals surface area contributed by atoms with Crippen molar-refractivity contribution in [2.24, 2.45) is 4.99 Å². The summed E-state index contributed by atoms with van der Waals surface area (Å²) in [7, 11) is -3.16. The number of guanidine groups is 1. The Hall–Kier alpha value is -0.900. The van der Waals surface area contributed by atoms with Crippen LogP contribution in [0.3, 0.4) is 0 Å². The Morgan fingerprint density at radius 3 is 2.65 bits per heavy atom. The fraction of sp³-hybridized carbons (Fsp3) is 0.941. The van der Waals surface area contributed by atoms with E-state index < -0.39 is 10.0 Å². The van der Waals surface area contributed by atoms with Crippen LogP contribution in [0, 0.1) is 0 Å². The van der Waals surface area contributed by atoms with Gasteiger partial charge in [0.15, 0.2) is 5.96 Å². The molecule has 3 saturated heterocycles. The van der Waals surface area contributed by atoms with Gasteiger partial charge in [-0.15, -0.1) is 0 Å². The second-order valence-electron chi connectivity index (χ2n) is 7.27. The Labute approximate surface area is 157 Å². The van der Waals surface area contributed by atoms with Gasteiger partial charge >= 0.3 is 0 Å². The molecule has 3 heterocycles. The molecule has 0 spiro atoms. The lowest BCUT2D eigenvalue weighted by molar-refractivity contribution is -0.0817. The number of sulfonamides is 1. The lowest BCUT2D eigenvalue weighted by Gasteiger charge is -2.37. The normalized spacial score (nSPS) is 31.5. The summed E-state index contributed by atoms with van der Waals surface area (Å²) in [5.74, 6) is 0.846. The van der Waals surface area contributed by atoms with E-state index in [0.717, 1.165) is 57.9 Å². The van der Waals surface area contributed by atoms with E-state index in [1.165, 1.54) is 6.26 Å². The van der Waals surface area contributed by atoms with Crippen molar-refractivity contribution in [1.82, 2.24) is 14.5 Å². The molecule has 3 atom stereocenters. The van der Waals surface area contributed by atoms with Crippen LogP contribution in [0.25, 0.3) is 0 Å². The van der Waals surface area contributed by atoms with Gasteiger partial charge in [-0.3, -0.25) is 4.99 Å². The van der Waals surface area contributed by atoms with Crippen LogP contribution >= 0.6 is 0 Å². The monoisotopic (exact) mass is 388 g/mol. The lowest BCUT2D eigenvalue weighted by Crippen LogP contribution is -2.53. The maximum absolute atomic E-state index is 11.9. The molecular weight excluding hydrogens is 356 g/mol. The minimum Gasteiger partial charge on any atom is -0.375 e. The van der Waals surface area contributed by atoms with Gasteiger partial charge in [-0.25, -0.2) is 8.42 Å². The molecule has 1 N–H and O–H groups in total. The average molecular weight is 389 g/mol. The van der Waals surface area contributed by atoms with Crippen molar-refractivity contribution in [3.05, 3.63) is 0 Å². The third-order valence-electron chi connectivity index (χ3n) is 5.31.